The number of aromatic hydroxyl groups is 1. The number of rotatable bonds is 6. The van der Waals surface area contributed by atoms with Crippen LogP contribution in [-0.4, -0.2) is 21.1 Å². The highest BCUT2D eigenvalue weighted by Gasteiger charge is 2.23. The second-order valence-electron chi connectivity index (χ2n) is 8.70. The number of benzene rings is 1. The van der Waals surface area contributed by atoms with Crippen molar-refractivity contribution in [2.75, 3.05) is 5.32 Å². The van der Waals surface area contributed by atoms with Gasteiger partial charge in [0.2, 0.25) is 5.88 Å². The maximum Gasteiger partial charge on any atom is 0.210 e. The number of hydrogen-bond acceptors (Lipinski definition) is 4. The molecule has 152 valence electrons. The number of anilines is 1. The van der Waals surface area contributed by atoms with Gasteiger partial charge in [-0.2, -0.15) is 0 Å². The maximum atomic E-state index is 9.59. The molecule has 2 heterocycles. The van der Waals surface area contributed by atoms with Gasteiger partial charge in [-0.1, -0.05) is 38.1 Å². The first-order valence-corrected chi connectivity index (χ1v) is 10.9. The standard InChI is InChI=1S/C25H31N3O/c1-17(2)19-9-11-21(12-10-19)28-25-23-6-4-3-5-22(23)20(16-27-25)8-7-18-13-14-26-24(29)15-18/h3-6,13-17,19,21H,7-12H2,1-2H3,(H,26,29)(H,27,28). The molecule has 4 rings (SSSR count). The fourth-order valence-electron chi connectivity index (χ4n) is 4.58. The summed E-state index contributed by atoms with van der Waals surface area (Å²) >= 11 is 0. The molecule has 1 aliphatic carbocycles. The number of nitrogens with zero attached hydrogens (tertiary/aromatic N) is 2. The van der Waals surface area contributed by atoms with Crippen molar-refractivity contribution in [3.8, 4) is 5.88 Å². The first kappa shape index (κ1) is 19.7. The molecular formula is C25H31N3O. The Morgan fingerprint density at radius 2 is 1.76 bits per heavy atom. The van der Waals surface area contributed by atoms with Crippen LogP contribution in [0.1, 0.15) is 50.7 Å². The number of fused-ring (bicyclic) bond motifs is 1. The van der Waals surface area contributed by atoms with Crippen LogP contribution in [0.15, 0.2) is 48.8 Å². The summed E-state index contributed by atoms with van der Waals surface area (Å²) in [7, 11) is 0. The Kier molecular flexibility index (Phi) is 5.98. The van der Waals surface area contributed by atoms with E-state index < -0.39 is 0 Å². The van der Waals surface area contributed by atoms with Crippen molar-refractivity contribution in [2.45, 2.75) is 58.4 Å². The molecule has 0 spiro atoms. The van der Waals surface area contributed by atoms with Crippen molar-refractivity contribution in [1.82, 2.24) is 9.97 Å². The molecule has 2 N–H and O–H groups in total. The lowest BCUT2D eigenvalue weighted by Crippen LogP contribution is -2.28. The number of nitrogens with one attached hydrogen (secondary N) is 1. The van der Waals surface area contributed by atoms with Crippen molar-refractivity contribution < 1.29 is 5.11 Å². The predicted octanol–water partition coefficient (Wildman–Crippen LogP) is 5.75. The van der Waals surface area contributed by atoms with Crippen LogP contribution >= 0.6 is 0 Å². The summed E-state index contributed by atoms with van der Waals surface area (Å²) in [4.78, 5) is 8.67. The van der Waals surface area contributed by atoms with Crippen LogP contribution in [0.2, 0.25) is 0 Å². The van der Waals surface area contributed by atoms with Gasteiger partial charge in [-0.25, -0.2) is 9.97 Å². The van der Waals surface area contributed by atoms with Gasteiger partial charge < -0.3 is 10.4 Å². The number of aryl methyl sites for hydroxylation is 2. The van der Waals surface area contributed by atoms with Crippen LogP contribution in [0.5, 0.6) is 5.88 Å². The Morgan fingerprint density at radius 1 is 1.00 bits per heavy atom. The fraction of sp³-hybridized carbons (Fsp3) is 0.440. The monoisotopic (exact) mass is 389 g/mol. The summed E-state index contributed by atoms with van der Waals surface area (Å²) in [5.74, 6) is 2.75. The van der Waals surface area contributed by atoms with Gasteiger partial charge in [0.1, 0.15) is 5.82 Å². The molecule has 1 aliphatic rings. The normalized spacial score (nSPS) is 19.6. The molecule has 0 saturated heterocycles. The van der Waals surface area contributed by atoms with E-state index in [1.807, 2.05) is 12.3 Å². The van der Waals surface area contributed by atoms with Gasteiger partial charge in [-0.15, -0.1) is 0 Å². The molecule has 0 atom stereocenters. The van der Waals surface area contributed by atoms with E-state index in [2.05, 4.69) is 48.4 Å². The molecule has 0 unspecified atom stereocenters. The predicted molar refractivity (Wildman–Crippen MR) is 119 cm³/mol. The lowest BCUT2D eigenvalue weighted by molar-refractivity contribution is 0.267. The molecule has 0 aliphatic heterocycles. The molecule has 1 fully saturated rings. The Balaban J connectivity index is 1.50. The van der Waals surface area contributed by atoms with Crippen LogP contribution in [-0.2, 0) is 12.8 Å². The van der Waals surface area contributed by atoms with Gasteiger partial charge in [0.05, 0.1) is 0 Å². The van der Waals surface area contributed by atoms with Gasteiger partial charge in [0.25, 0.3) is 0 Å². The van der Waals surface area contributed by atoms with Crippen molar-refractivity contribution in [3.05, 3.63) is 59.9 Å². The molecule has 1 aromatic carbocycles. The zero-order chi connectivity index (χ0) is 20.2. The van der Waals surface area contributed by atoms with Crippen LogP contribution in [0.3, 0.4) is 0 Å². The number of pyridine rings is 2. The maximum absolute atomic E-state index is 9.59. The average Bonchev–Trinajstić information content (AvgIpc) is 2.73. The Hall–Kier alpha value is -2.62. The third kappa shape index (κ3) is 4.69. The minimum absolute atomic E-state index is 0.0808. The summed E-state index contributed by atoms with van der Waals surface area (Å²) in [6.45, 7) is 4.69. The lowest BCUT2D eigenvalue weighted by Gasteiger charge is -2.31. The minimum Gasteiger partial charge on any atom is -0.493 e. The molecule has 0 radical (unpaired) electrons. The Morgan fingerprint density at radius 3 is 2.48 bits per heavy atom. The van der Waals surface area contributed by atoms with Gasteiger partial charge in [-0.3, -0.25) is 0 Å². The lowest BCUT2D eigenvalue weighted by atomic mass is 9.79. The van der Waals surface area contributed by atoms with Gasteiger partial charge in [0.15, 0.2) is 0 Å². The summed E-state index contributed by atoms with van der Waals surface area (Å²) in [5, 5.41) is 15.8. The average molecular weight is 390 g/mol. The van der Waals surface area contributed by atoms with Crippen molar-refractivity contribution in [1.29, 1.82) is 0 Å². The fourth-order valence-corrected chi connectivity index (χ4v) is 4.58. The number of hydrogen-bond donors (Lipinski definition) is 2. The van der Waals surface area contributed by atoms with Crippen LogP contribution < -0.4 is 5.32 Å². The molecule has 1 saturated carbocycles. The van der Waals surface area contributed by atoms with Crippen LogP contribution in [0.4, 0.5) is 5.82 Å². The topological polar surface area (TPSA) is 58.0 Å². The second-order valence-corrected chi connectivity index (χ2v) is 8.70. The Labute approximate surface area is 173 Å². The van der Waals surface area contributed by atoms with Gasteiger partial charge in [0, 0.05) is 29.9 Å². The highest BCUT2D eigenvalue weighted by Crippen LogP contribution is 2.33. The summed E-state index contributed by atoms with van der Waals surface area (Å²) in [6, 6.07) is 12.8. The highest BCUT2D eigenvalue weighted by atomic mass is 16.3. The molecule has 29 heavy (non-hydrogen) atoms. The van der Waals surface area contributed by atoms with E-state index >= 15 is 0 Å². The quantitative estimate of drug-likeness (QED) is 0.564. The van der Waals surface area contributed by atoms with Crippen LogP contribution in [0, 0.1) is 11.8 Å². The van der Waals surface area contributed by atoms with E-state index in [4.69, 9.17) is 4.98 Å². The number of aromatic nitrogens is 2. The SMILES string of the molecule is CC(C)C1CCC(Nc2ncc(CCc3ccnc(O)c3)c3ccccc23)CC1. The molecule has 0 bridgehead atoms. The van der Waals surface area contributed by atoms with Gasteiger partial charge >= 0.3 is 0 Å². The first-order chi connectivity index (χ1) is 14.1. The van der Waals surface area contributed by atoms with Crippen molar-refractivity contribution in [3.63, 3.8) is 0 Å². The molecule has 2 aromatic heterocycles. The van der Waals surface area contributed by atoms with E-state index in [1.165, 1.54) is 42.0 Å². The summed E-state index contributed by atoms with van der Waals surface area (Å²) < 4.78 is 0. The van der Waals surface area contributed by atoms with E-state index in [1.54, 1.807) is 12.3 Å². The zero-order valence-electron chi connectivity index (χ0n) is 17.4. The van der Waals surface area contributed by atoms with Gasteiger partial charge in [-0.05, 0) is 72.9 Å². The van der Waals surface area contributed by atoms with Crippen molar-refractivity contribution >= 4 is 16.6 Å². The zero-order valence-corrected chi connectivity index (χ0v) is 17.4. The first-order valence-electron chi connectivity index (χ1n) is 10.9. The molecular weight excluding hydrogens is 358 g/mol. The Bertz CT molecular complexity index is 961. The van der Waals surface area contributed by atoms with Crippen LogP contribution in [0.25, 0.3) is 10.8 Å². The van der Waals surface area contributed by atoms with Crippen molar-refractivity contribution in [2.24, 2.45) is 11.8 Å². The summed E-state index contributed by atoms with van der Waals surface area (Å²) in [5.41, 5.74) is 2.33. The highest BCUT2D eigenvalue weighted by molar-refractivity contribution is 5.94. The minimum atomic E-state index is 0.0808. The third-order valence-corrected chi connectivity index (χ3v) is 6.43. The smallest absolute Gasteiger partial charge is 0.210 e. The third-order valence-electron chi connectivity index (χ3n) is 6.43. The van der Waals surface area contributed by atoms with E-state index in [0.29, 0.717) is 6.04 Å². The molecule has 0 amide bonds. The molecule has 4 nitrogen and oxygen atoms in total. The molecule has 4 heteroatoms. The largest absolute Gasteiger partial charge is 0.493 e. The van der Waals surface area contributed by atoms with E-state index in [0.717, 1.165) is 36.1 Å². The van der Waals surface area contributed by atoms with E-state index in [9.17, 15) is 5.11 Å². The second kappa shape index (κ2) is 8.81. The molecule has 3 aromatic rings. The van der Waals surface area contributed by atoms with E-state index in [-0.39, 0.29) is 5.88 Å². The summed E-state index contributed by atoms with van der Waals surface area (Å²) in [6.07, 6.45) is 10.5.